The van der Waals surface area contributed by atoms with Gasteiger partial charge in [-0.3, -0.25) is 4.79 Å². The number of hydrogen-bond donors (Lipinski definition) is 1. The third kappa shape index (κ3) is 3.80. The molecule has 1 aromatic carbocycles. The molecule has 3 rings (SSSR count). The van der Waals surface area contributed by atoms with E-state index in [4.69, 9.17) is 4.74 Å². The lowest BCUT2D eigenvalue weighted by molar-refractivity contribution is -0.146. The zero-order valence-corrected chi connectivity index (χ0v) is 15.0. The van der Waals surface area contributed by atoms with Gasteiger partial charge in [-0.15, -0.1) is 0 Å². The van der Waals surface area contributed by atoms with E-state index >= 15 is 0 Å². The molecule has 1 atom stereocenters. The van der Waals surface area contributed by atoms with Crippen molar-refractivity contribution in [3.63, 3.8) is 0 Å². The van der Waals surface area contributed by atoms with Crippen LogP contribution < -0.4 is 0 Å². The molecule has 0 radical (unpaired) electrons. The summed E-state index contributed by atoms with van der Waals surface area (Å²) in [7, 11) is 0. The van der Waals surface area contributed by atoms with E-state index < -0.39 is 18.0 Å². The van der Waals surface area contributed by atoms with Crippen LogP contribution in [0.5, 0.6) is 0 Å². The van der Waals surface area contributed by atoms with Crippen LogP contribution in [0.2, 0.25) is 0 Å². The standard InChI is InChI=1S/C20H27NO4/c1-19(2)8-10-20(11-9-19)14-21(12-16(20)17(22)23)18(24)25-13-15-6-4-3-5-7-15/h3-7,16H,8-14H2,1-2H3,(H,22,23). The molecule has 1 N–H and O–H groups in total. The number of carbonyl (C=O) groups is 2. The molecule has 1 saturated carbocycles. The lowest BCUT2D eigenvalue weighted by Gasteiger charge is -2.43. The van der Waals surface area contributed by atoms with Crippen LogP contribution >= 0.6 is 0 Å². The lowest BCUT2D eigenvalue weighted by Crippen LogP contribution is -2.40. The maximum atomic E-state index is 12.5. The van der Waals surface area contributed by atoms with E-state index in [-0.39, 0.29) is 24.0 Å². The number of amides is 1. The van der Waals surface area contributed by atoms with E-state index in [0.29, 0.717) is 6.54 Å². The highest BCUT2D eigenvalue weighted by molar-refractivity contribution is 5.75. The van der Waals surface area contributed by atoms with Gasteiger partial charge in [0.1, 0.15) is 6.61 Å². The second-order valence-electron chi connectivity index (χ2n) is 8.34. The molecule has 1 aromatic rings. The molecule has 5 nitrogen and oxygen atoms in total. The van der Waals surface area contributed by atoms with Crippen molar-refractivity contribution in [2.24, 2.45) is 16.7 Å². The van der Waals surface area contributed by atoms with Crippen molar-refractivity contribution in [3.8, 4) is 0 Å². The first kappa shape index (κ1) is 17.8. The Morgan fingerprint density at radius 3 is 2.40 bits per heavy atom. The molecule has 2 aliphatic rings. The first-order valence-corrected chi connectivity index (χ1v) is 9.00. The topological polar surface area (TPSA) is 66.8 Å². The maximum absolute atomic E-state index is 12.5. The minimum absolute atomic E-state index is 0.216. The van der Waals surface area contributed by atoms with Crippen LogP contribution in [0, 0.1) is 16.7 Å². The third-order valence-corrected chi connectivity index (χ3v) is 6.01. The average molecular weight is 345 g/mol. The van der Waals surface area contributed by atoms with Crippen molar-refractivity contribution >= 4 is 12.1 Å². The van der Waals surface area contributed by atoms with E-state index in [1.807, 2.05) is 30.3 Å². The van der Waals surface area contributed by atoms with E-state index in [1.54, 1.807) is 4.90 Å². The minimum Gasteiger partial charge on any atom is -0.481 e. The Bertz CT molecular complexity index is 630. The number of rotatable bonds is 3. The molecule has 5 heteroatoms. The molecule has 2 fully saturated rings. The van der Waals surface area contributed by atoms with Crippen molar-refractivity contribution in [2.75, 3.05) is 13.1 Å². The fourth-order valence-electron chi connectivity index (χ4n) is 4.19. The van der Waals surface area contributed by atoms with Gasteiger partial charge in [0.25, 0.3) is 0 Å². The smallest absolute Gasteiger partial charge is 0.410 e. The van der Waals surface area contributed by atoms with Crippen LogP contribution in [0.3, 0.4) is 0 Å². The first-order valence-electron chi connectivity index (χ1n) is 9.00. The molecule has 1 amide bonds. The van der Waals surface area contributed by atoms with E-state index in [0.717, 1.165) is 31.2 Å². The zero-order chi connectivity index (χ0) is 18.1. The normalized spacial score (nSPS) is 24.2. The van der Waals surface area contributed by atoms with E-state index in [1.165, 1.54) is 0 Å². The first-order chi connectivity index (χ1) is 11.8. The van der Waals surface area contributed by atoms with Crippen LogP contribution in [-0.4, -0.2) is 35.2 Å². The number of carbonyl (C=O) groups excluding carboxylic acids is 1. The molecule has 1 saturated heterocycles. The Balaban J connectivity index is 1.65. The van der Waals surface area contributed by atoms with Gasteiger partial charge in [-0.1, -0.05) is 44.2 Å². The number of benzene rings is 1. The van der Waals surface area contributed by atoms with Crippen LogP contribution in [0.1, 0.15) is 45.1 Å². The molecule has 0 bridgehead atoms. The fraction of sp³-hybridized carbons (Fsp3) is 0.600. The van der Waals surface area contributed by atoms with Crippen molar-refractivity contribution in [1.82, 2.24) is 4.90 Å². The van der Waals surface area contributed by atoms with Crippen molar-refractivity contribution in [3.05, 3.63) is 35.9 Å². The number of carboxylic acid groups (broad SMARTS) is 1. The van der Waals surface area contributed by atoms with Crippen LogP contribution in [0.15, 0.2) is 30.3 Å². The van der Waals surface area contributed by atoms with E-state index in [2.05, 4.69) is 13.8 Å². The zero-order valence-electron chi connectivity index (χ0n) is 15.0. The molecule has 136 valence electrons. The van der Waals surface area contributed by atoms with Gasteiger partial charge < -0.3 is 14.7 Å². The maximum Gasteiger partial charge on any atom is 0.410 e. The van der Waals surface area contributed by atoms with Gasteiger partial charge in [0.15, 0.2) is 0 Å². The number of likely N-dealkylation sites (tertiary alicyclic amines) is 1. The Morgan fingerprint density at radius 1 is 1.16 bits per heavy atom. The van der Waals surface area contributed by atoms with Gasteiger partial charge in [0.2, 0.25) is 0 Å². The monoisotopic (exact) mass is 345 g/mol. The van der Waals surface area contributed by atoms with Crippen molar-refractivity contribution in [2.45, 2.75) is 46.1 Å². The van der Waals surface area contributed by atoms with Gasteiger partial charge in [-0.05, 0) is 36.7 Å². The highest BCUT2D eigenvalue weighted by Crippen LogP contribution is 2.52. The Morgan fingerprint density at radius 2 is 1.80 bits per heavy atom. The summed E-state index contributed by atoms with van der Waals surface area (Å²) in [6.45, 7) is 5.43. The highest BCUT2D eigenvalue weighted by Gasteiger charge is 2.53. The van der Waals surface area contributed by atoms with Gasteiger partial charge in [-0.2, -0.15) is 0 Å². The third-order valence-electron chi connectivity index (χ3n) is 6.01. The van der Waals surface area contributed by atoms with Gasteiger partial charge >= 0.3 is 12.1 Å². The van der Waals surface area contributed by atoms with Gasteiger partial charge in [0, 0.05) is 18.5 Å². The summed E-state index contributed by atoms with van der Waals surface area (Å²) in [5.41, 5.74) is 0.891. The van der Waals surface area contributed by atoms with Crippen LogP contribution in [0.4, 0.5) is 4.79 Å². The summed E-state index contributed by atoms with van der Waals surface area (Å²) >= 11 is 0. The summed E-state index contributed by atoms with van der Waals surface area (Å²) in [4.78, 5) is 25.9. The van der Waals surface area contributed by atoms with Gasteiger partial charge in [0.05, 0.1) is 5.92 Å². The molecule has 1 unspecified atom stereocenters. The Labute approximate surface area is 149 Å². The quantitative estimate of drug-likeness (QED) is 0.901. The summed E-state index contributed by atoms with van der Waals surface area (Å²) in [5.74, 6) is -1.29. The van der Waals surface area contributed by atoms with Crippen molar-refractivity contribution in [1.29, 1.82) is 0 Å². The van der Waals surface area contributed by atoms with Gasteiger partial charge in [-0.25, -0.2) is 4.79 Å². The number of hydrogen-bond acceptors (Lipinski definition) is 3. The number of nitrogens with zero attached hydrogens (tertiary/aromatic N) is 1. The Kier molecular flexibility index (Phi) is 4.76. The average Bonchev–Trinajstić information content (AvgIpc) is 2.97. The second kappa shape index (κ2) is 6.70. The fourth-order valence-corrected chi connectivity index (χ4v) is 4.19. The predicted octanol–water partition coefficient (Wildman–Crippen LogP) is 3.93. The molecule has 0 aromatic heterocycles. The SMILES string of the molecule is CC1(C)CCC2(CC1)CN(C(=O)OCc1ccccc1)CC2C(=O)O. The summed E-state index contributed by atoms with van der Waals surface area (Å²) in [6.07, 6.45) is 3.32. The summed E-state index contributed by atoms with van der Waals surface area (Å²) < 4.78 is 5.41. The number of aliphatic carboxylic acids is 1. The van der Waals surface area contributed by atoms with Crippen molar-refractivity contribution < 1.29 is 19.4 Å². The molecule has 1 heterocycles. The molecular weight excluding hydrogens is 318 g/mol. The molecule has 1 spiro atoms. The molecular formula is C20H27NO4. The number of carboxylic acids is 1. The summed E-state index contributed by atoms with van der Waals surface area (Å²) in [6, 6.07) is 9.53. The Hall–Kier alpha value is -2.04. The van der Waals surface area contributed by atoms with E-state index in [9.17, 15) is 14.7 Å². The largest absolute Gasteiger partial charge is 0.481 e. The molecule has 25 heavy (non-hydrogen) atoms. The highest BCUT2D eigenvalue weighted by atomic mass is 16.6. The molecule has 1 aliphatic carbocycles. The lowest BCUT2D eigenvalue weighted by atomic mass is 9.61. The van der Waals surface area contributed by atoms with Crippen LogP contribution in [-0.2, 0) is 16.1 Å². The molecule has 1 aliphatic heterocycles. The number of ether oxygens (including phenoxy) is 1. The van der Waals surface area contributed by atoms with Crippen LogP contribution in [0.25, 0.3) is 0 Å². The predicted molar refractivity (Wildman–Crippen MR) is 94.0 cm³/mol. The summed E-state index contributed by atoms with van der Waals surface area (Å²) in [5, 5.41) is 9.69. The minimum atomic E-state index is -0.793. The second-order valence-corrected chi connectivity index (χ2v) is 8.34.